The number of benzene rings is 2. The first-order valence-corrected chi connectivity index (χ1v) is 12.9. The molecule has 0 unspecified atom stereocenters. The Morgan fingerprint density at radius 3 is 2.30 bits per heavy atom. The molecule has 33 heavy (non-hydrogen) atoms. The molecule has 0 amide bonds. The van der Waals surface area contributed by atoms with E-state index >= 15 is 0 Å². The van der Waals surface area contributed by atoms with Gasteiger partial charge in [0.15, 0.2) is 4.80 Å². The molecule has 0 bridgehead atoms. The molecule has 0 N–H and O–H groups in total. The van der Waals surface area contributed by atoms with Crippen molar-refractivity contribution in [2.24, 2.45) is 4.99 Å². The van der Waals surface area contributed by atoms with Crippen LogP contribution in [-0.4, -0.2) is 48.5 Å². The first kappa shape index (κ1) is 22.0. The number of sulfonamides is 1. The van der Waals surface area contributed by atoms with Crippen LogP contribution in [0.5, 0.6) is 0 Å². The van der Waals surface area contributed by atoms with Crippen LogP contribution >= 0.6 is 11.3 Å². The van der Waals surface area contributed by atoms with Gasteiger partial charge in [0.1, 0.15) is 0 Å². The van der Waals surface area contributed by atoms with Gasteiger partial charge < -0.3 is 9.30 Å². The third-order valence-corrected chi connectivity index (χ3v) is 8.45. The minimum absolute atomic E-state index is 0.0592. The van der Waals surface area contributed by atoms with Gasteiger partial charge in [-0.3, -0.25) is 10.1 Å². The molecule has 5 rings (SSSR count). The third kappa shape index (κ3) is 4.49. The highest BCUT2D eigenvalue weighted by atomic mass is 32.2. The van der Waals surface area contributed by atoms with Gasteiger partial charge in [-0.25, -0.2) is 13.4 Å². The fraction of sp³-hybridized carbons (Fsp3) is 0.318. The summed E-state index contributed by atoms with van der Waals surface area (Å²) in [5, 5.41) is 13.0. The number of ether oxygens (including phenoxy) is 1. The molecule has 2 aliphatic rings. The van der Waals surface area contributed by atoms with Crippen molar-refractivity contribution in [1.29, 1.82) is 0 Å². The van der Waals surface area contributed by atoms with E-state index < -0.39 is 14.9 Å². The number of hydrogen-bond donors (Lipinski definition) is 0. The lowest BCUT2D eigenvalue weighted by molar-refractivity contribution is -0.384. The summed E-state index contributed by atoms with van der Waals surface area (Å²) in [5.41, 5.74) is 2.60. The van der Waals surface area contributed by atoms with Gasteiger partial charge in [-0.2, -0.15) is 4.31 Å². The Morgan fingerprint density at radius 2 is 1.70 bits per heavy atom. The maximum Gasteiger partial charge on any atom is 0.269 e. The molecule has 9 nitrogen and oxygen atoms in total. The Kier molecular flexibility index (Phi) is 5.87. The fourth-order valence-corrected chi connectivity index (χ4v) is 6.18. The van der Waals surface area contributed by atoms with Crippen molar-refractivity contribution in [2.45, 2.75) is 23.8 Å². The molecule has 1 saturated carbocycles. The molecule has 2 aromatic carbocycles. The first-order chi connectivity index (χ1) is 15.9. The second-order valence-corrected chi connectivity index (χ2v) is 10.7. The number of hydrogen-bond acceptors (Lipinski definition) is 7. The normalized spacial score (nSPS) is 17.9. The number of thiazole rings is 1. The molecule has 11 heteroatoms. The van der Waals surface area contributed by atoms with Gasteiger partial charge >= 0.3 is 0 Å². The molecule has 2 heterocycles. The second-order valence-electron chi connectivity index (χ2n) is 7.93. The standard InChI is InChI=1S/C22H22N4O5S2/c27-26(28)19-5-1-16(2-6-19)21-15-32-22(25(21)18-7-8-18)23-17-3-9-20(10-4-17)33(29,30)24-11-13-31-14-12-24/h1-6,9-10,15,18H,7-8,11-14H2. The molecule has 1 aromatic heterocycles. The smallest absolute Gasteiger partial charge is 0.269 e. The maximum atomic E-state index is 12.8. The van der Waals surface area contributed by atoms with E-state index in [4.69, 9.17) is 9.73 Å². The number of aromatic nitrogens is 1. The predicted molar refractivity (Wildman–Crippen MR) is 124 cm³/mol. The monoisotopic (exact) mass is 486 g/mol. The highest BCUT2D eigenvalue weighted by Gasteiger charge is 2.28. The Morgan fingerprint density at radius 1 is 1.03 bits per heavy atom. The molecule has 1 aliphatic carbocycles. The lowest BCUT2D eigenvalue weighted by Crippen LogP contribution is -2.40. The number of morpholine rings is 1. The van der Waals surface area contributed by atoms with E-state index in [0.717, 1.165) is 28.9 Å². The van der Waals surface area contributed by atoms with Crippen LogP contribution in [0.2, 0.25) is 0 Å². The van der Waals surface area contributed by atoms with Crippen LogP contribution in [0.15, 0.2) is 63.8 Å². The predicted octanol–water partition coefficient (Wildman–Crippen LogP) is 3.71. The molecule has 1 aliphatic heterocycles. The lowest BCUT2D eigenvalue weighted by Gasteiger charge is -2.26. The average molecular weight is 487 g/mol. The Labute approximate surface area is 194 Å². The van der Waals surface area contributed by atoms with Crippen molar-refractivity contribution in [2.75, 3.05) is 26.3 Å². The number of nitrogens with zero attached hydrogens (tertiary/aromatic N) is 4. The summed E-state index contributed by atoms with van der Waals surface area (Å²) < 4.78 is 34.5. The summed E-state index contributed by atoms with van der Waals surface area (Å²) in [6.07, 6.45) is 2.11. The molecule has 2 fully saturated rings. The molecular formula is C22H22N4O5S2. The van der Waals surface area contributed by atoms with E-state index in [2.05, 4.69) is 4.57 Å². The van der Waals surface area contributed by atoms with Crippen molar-refractivity contribution >= 4 is 32.7 Å². The van der Waals surface area contributed by atoms with E-state index in [0.29, 0.717) is 38.0 Å². The van der Waals surface area contributed by atoms with Crippen LogP contribution < -0.4 is 4.80 Å². The summed E-state index contributed by atoms with van der Waals surface area (Å²) in [6.45, 7) is 1.53. The van der Waals surface area contributed by atoms with Gasteiger partial charge in [-0.05, 0) is 54.8 Å². The summed E-state index contributed by atoms with van der Waals surface area (Å²) in [7, 11) is -3.54. The SMILES string of the molecule is O=[N+]([O-])c1ccc(-c2csc(=Nc3ccc(S(=O)(=O)N4CCOCC4)cc3)n2C2CC2)cc1. The van der Waals surface area contributed by atoms with Gasteiger partial charge in [0.05, 0.1) is 34.4 Å². The van der Waals surface area contributed by atoms with Crippen LogP contribution in [0.3, 0.4) is 0 Å². The van der Waals surface area contributed by atoms with Crippen LogP contribution in [0, 0.1) is 10.1 Å². The van der Waals surface area contributed by atoms with E-state index in [1.807, 2.05) is 5.38 Å². The van der Waals surface area contributed by atoms with Crippen molar-refractivity contribution < 1.29 is 18.1 Å². The van der Waals surface area contributed by atoms with Crippen molar-refractivity contribution in [3.05, 3.63) is 68.8 Å². The van der Waals surface area contributed by atoms with Crippen LogP contribution in [-0.2, 0) is 14.8 Å². The molecule has 0 atom stereocenters. The minimum atomic E-state index is -3.54. The zero-order valence-electron chi connectivity index (χ0n) is 17.7. The van der Waals surface area contributed by atoms with Crippen molar-refractivity contribution in [3.8, 4) is 11.3 Å². The van der Waals surface area contributed by atoms with Crippen LogP contribution in [0.4, 0.5) is 11.4 Å². The fourth-order valence-electron chi connectivity index (χ4n) is 3.79. The van der Waals surface area contributed by atoms with E-state index in [9.17, 15) is 18.5 Å². The van der Waals surface area contributed by atoms with E-state index in [-0.39, 0.29) is 10.6 Å². The number of nitro groups is 1. The van der Waals surface area contributed by atoms with Gasteiger partial charge in [0, 0.05) is 36.6 Å². The zero-order valence-corrected chi connectivity index (χ0v) is 19.3. The molecule has 1 saturated heterocycles. The van der Waals surface area contributed by atoms with Crippen LogP contribution in [0.1, 0.15) is 18.9 Å². The first-order valence-electron chi connectivity index (χ1n) is 10.6. The third-order valence-electron chi connectivity index (χ3n) is 5.70. The van der Waals surface area contributed by atoms with Crippen molar-refractivity contribution in [1.82, 2.24) is 8.87 Å². The molecule has 0 radical (unpaired) electrons. The molecule has 3 aromatic rings. The van der Waals surface area contributed by atoms with Gasteiger partial charge in [-0.15, -0.1) is 11.3 Å². The second kappa shape index (κ2) is 8.82. The highest BCUT2D eigenvalue weighted by molar-refractivity contribution is 7.89. The number of rotatable bonds is 6. The van der Waals surface area contributed by atoms with Gasteiger partial charge in [0.25, 0.3) is 5.69 Å². The zero-order chi connectivity index (χ0) is 23.0. The topological polar surface area (TPSA) is 107 Å². The average Bonchev–Trinajstić information content (AvgIpc) is 3.60. The molecule has 0 spiro atoms. The largest absolute Gasteiger partial charge is 0.379 e. The quantitative estimate of drug-likeness (QED) is 0.390. The molecule has 172 valence electrons. The van der Waals surface area contributed by atoms with E-state index in [1.165, 1.54) is 27.8 Å². The van der Waals surface area contributed by atoms with E-state index in [1.54, 1.807) is 36.4 Å². The molecular weight excluding hydrogens is 464 g/mol. The Hall–Kier alpha value is -2.86. The Bertz CT molecular complexity index is 1330. The highest BCUT2D eigenvalue weighted by Crippen LogP contribution is 2.38. The summed E-state index contributed by atoms with van der Waals surface area (Å²) in [5.74, 6) is 0. The number of nitro benzene ring substituents is 1. The Balaban J connectivity index is 1.45. The maximum absolute atomic E-state index is 12.8. The summed E-state index contributed by atoms with van der Waals surface area (Å²) in [4.78, 5) is 16.4. The lowest BCUT2D eigenvalue weighted by atomic mass is 10.1. The van der Waals surface area contributed by atoms with Crippen molar-refractivity contribution in [3.63, 3.8) is 0 Å². The van der Waals surface area contributed by atoms with Crippen LogP contribution in [0.25, 0.3) is 11.3 Å². The van der Waals surface area contributed by atoms with Gasteiger partial charge in [0.2, 0.25) is 10.0 Å². The summed E-state index contributed by atoms with van der Waals surface area (Å²) in [6, 6.07) is 13.5. The summed E-state index contributed by atoms with van der Waals surface area (Å²) >= 11 is 1.50. The van der Waals surface area contributed by atoms with Gasteiger partial charge in [-0.1, -0.05) is 0 Å². The minimum Gasteiger partial charge on any atom is -0.379 e. The number of non-ortho nitro benzene ring substituents is 1.